The Kier molecular flexibility index (Phi) is 5.02. The fourth-order valence-electron chi connectivity index (χ4n) is 3.20. The number of hydrogen-bond acceptors (Lipinski definition) is 6. The Bertz CT molecular complexity index is 833. The van der Waals surface area contributed by atoms with Crippen molar-refractivity contribution in [2.75, 3.05) is 56.8 Å². The van der Waals surface area contributed by atoms with Crippen molar-refractivity contribution < 1.29 is 23.7 Å². The van der Waals surface area contributed by atoms with Gasteiger partial charge >= 0.3 is 0 Å². The molecule has 0 unspecified atom stereocenters. The fraction of sp³-hybridized carbons (Fsp3) is 0.350. The van der Waals surface area contributed by atoms with E-state index in [1.807, 2.05) is 18.2 Å². The van der Waals surface area contributed by atoms with Crippen LogP contribution < -0.4 is 24.4 Å². The molecule has 2 heterocycles. The van der Waals surface area contributed by atoms with E-state index in [1.54, 1.807) is 25.3 Å². The summed E-state index contributed by atoms with van der Waals surface area (Å²) in [5.41, 5.74) is 2.16. The molecule has 0 spiro atoms. The van der Waals surface area contributed by atoms with Gasteiger partial charge in [-0.3, -0.25) is 4.79 Å². The highest BCUT2D eigenvalue weighted by molar-refractivity contribution is 6.06. The second-order valence-electron chi connectivity index (χ2n) is 6.30. The Labute approximate surface area is 157 Å². The van der Waals surface area contributed by atoms with E-state index < -0.39 is 0 Å². The molecule has 0 radical (unpaired) electrons. The van der Waals surface area contributed by atoms with Crippen LogP contribution in [-0.4, -0.2) is 52.5 Å². The Balaban J connectivity index is 1.59. The first-order valence-electron chi connectivity index (χ1n) is 8.96. The first kappa shape index (κ1) is 17.5. The lowest BCUT2D eigenvalue weighted by Gasteiger charge is -2.30. The summed E-state index contributed by atoms with van der Waals surface area (Å²) < 4.78 is 21.8. The minimum Gasteiger partial charge on any atom is -0.497 e. The number of morpholine rings is 1. The van der Waals surface area contributed by atoms with Crippen LogP contribution in [0, 0.1) is 0 Å². The van der Waals surface area contributed by atoms with E-state index in [1.165, 1.54) is 0 Å². The van der Waals surface area contributed by atoms with Gasteiger partial charge in [-0.05, 0) is 30.3 Å². The van der Waals surface area contributed by atoms with Gasteiger partial charge in [0.1, 0.15) is 19.0 Å². The van der Waals surface area contributed by atoms with E-state index in [4.69, 9.17) is 18.9 Å². The van der Waals surface area contributed by atoms with Gasteiger partial charge in [-0.2, -0.15) is 0 Å². The molecule has 4 rings (SSSR count). The third kappa shape index (κ3) is 3.78. The smallest absolute Gasteiger partial charge is 0.255 e. The van der Waals surface area contributed by atoms with Crippen LogP contribution in [0.1, 0.15) is 10.4 Å². The highest BCUT2D eigenvalue weighted by Gasteiger charge is 2.19. The van der Waals surface area contributed by atoms with Gasteiger partial charge in [-0.1, -0.05) is 0 Å². The Hall–Kier alpha value is -2.93. The number of nitrogens with one attached hydrogen (secondary N) is 1. The summed E-state index contributed by atoms with van der Waals surface area (Å²) in [6.07, 6.45) is 0. The Morgan fingerprint density at radius 3 is 2.56 bits per heavy atom. The molecule has 0 atom stereocenters. The molecule has 2 aromatic carbocycles. The van der Waals surface area contributed by atoms with Gasteiger partial charge in [0.2, 0.25) is 0 Å². The summed E-state index contributed by atoms with van der Waals surface area (Å²) in [5, 5.41) is 3.01. The summed E-state index contributed by atoms with van der Waals surface area (Å²) in [6, 6.07) is 10.9. The number of carbonyl (C=O) groups is 1. The van der Waals surface area contributed by atoms with Crippen molar-refractivity contribution in [1.82, 2.24) is 0 Å². The first-order valence-corrected chi connectivity index (χ1v) is 8.96. The van der Waals surface area contributed by atoms with Crippen LogP contribution in [-0.2, 0) is 4.74 Å². The number of benzene rings is 2. The van der Waals surface area contributed by atoms with Crippen LogP contribution in [0.15, 0.2) is 36.4 Å². The molecule has 7 nitrogen and oxygen atoms in total. The highest BCUT2D eigenvalue weighted by Crippen LogP contribution is 2.33. The van der Waals surface area contributed by atoms with Gasteiger partial charge in [-0.15, -0.1) is 0 Å². The van der Waals surface area contributed by atoms with Crippen molar-refractivity contribution in [3.8, 4) is 17.2 Å². The SMILES string of the molecule is COc1ccc(N2CCOCC2)c(NC(=O)c2ccc3c(c2)OCCO3)c1. The molecule has 1 fully saturated rings. The fourth-order valence-corrected chi connectivity index (χ4v) is 3.20. The molecular formula is C20H22N2O5. The van der Waals surface area contributed by atoms with Gasteiger partial charge in [0.05, 0.1) is 31.7 Å². The lowest BCUT2D eigenvalue weighted by molar-refractivity contribution is 0.102. The number of amides is 1. The van der Waals surface area contributed by atoms with Crippen molar-refractivity contribution in [1.29, 1.82) is 0 Å². The van der Waals surface area contributed by atoms with Crippen molar-refractivity contribution >= 4 is 17.3 Å². The molecule has 0 aliphatic carbocycles. The van der Waals surface area contributed by atoms with Crippen LogP contribution in [0.4, 0.5) is 11.4 Å². The second-order valence-corrected chi connectivity index (χ2v) is 6.30. The summed E-state index contributed by atoms with van der Waals surface area (Å²) >= 11 is 0. The van der Waals surface area contributed by atoms with Gasteiger partial charge in [0, 0.05) is 24.7 Å². The number of rotatable bonds is 4. The van der Waals surface area contributed by atoms with E-state index in [-0.39, 0.29) is 5.91 Å². The van der Waals surface area contributed by atoms with Crippen LogP contribution in [0.5, 0.6) is 17.2 Å². The third-order valence-corrected chi connectivity index (χ3v) is 4.61. The topological polar surface area (TPSA) is 69.3 Å². The highest BCUT2D eigenvalue weighted by atomic mass is 16.6. The van der Waals surface area contributed by atoms with E-state index in [0.717, 1.165) is 18.8 Å². The van der Waals surface area contributed by atoms with E-state index in [2.05, 4.69) is 10.2 Å². The third-order valence-electron chi connectivity index (χ3n) is 4.61. The molecular weight excluding hydrogens is 348 g/mol. The van der Waals surface area contributed by atoms with Gasteiger partial charge in [0.25, 0.3) is 5.91 Å². The molecule has 0 saturated carbocycles. The summed E-state index contributed by atoms with van der Waals surface area (Å²) in [4.78, 5) is 15.0. The molecule has 27 heavy (non-hydrogen) atoms. The summed E-state index contributed by atoms with van der Waals surface area (Å²) in [6.45, 7) is 3.89. The van der Waals surface area contributed by atoms with Gasteiger partial charge in [-0.25, -0.2) is 0 Å². The molecule has 1 saturated heterocycles. The maximum Gasteiger partial charge on any atom is 0.255 e. The number of anilines is 2. The first-order chi connectivity index (χ1) is 13.2. The average Bonchev–Trinajstić information content (AvgIpc) is 2.74. The normalized spacial score (nSPS) is 16.0. The standard InChI is InChI=1S/C20H22N2O5/c1-24-15-3-4-17(22-6-8-25-9-7-22)16(13-15)21-20(23)14-2-5-18-19(12-14)27-11-10-26-18/h2-5,12-13H,6-11H2,1H3,(H,21,23). The minimum atomic E-state index is -0.213. The zero-order valence-electron chi connectivity index (χ0n) is 15.2. The molecule has 1 N–H and O–H groups in total. The summed E-state index contributed by atoms with van der Waals surface area (Å²) in [7, 11) is 1.61. The van der Waals surface area contributed by atoms with Gasteiger partial charge < -0.3 is 29.2 Å². The van der Waals surface area contributed by atoms with Crippen molar-refractivity contribution in [3.05, 3.63) is 42.0 Å². The number of ether oxygens (including phenoxy) is 4. The molecule has 142 valence electrons. The minimum absolute atomic E-state index is 0.213. The van der Waals surface area contributed by atoms with Crippen molar-refractivity contribution in [2.24, 2.45) is 0 Å². The van der Waals surface area contributed by atoms with Gasteiger partial charge in [0.15, 0.2) is 11.5 Å². The molecule has 2 aromatic rings. The lowest BCUT2D eigenvalue weighted by atomic mass is 10.1. The number of methoxy groups -OCH3 is 1. The van der Waals surface area contributed by atoms with E-state index in [9.17, 15) is 4.79 Å². The van der Waals surface area contributed by atoms with Crippen LogP contribution in [0.3, 0.4) is 0 Å². The van der Waals surface area contributed by atoms with Crippen molar-refractivity contribution in [3.63, 3.8) is 0 Å². The van der Waals surface area contributed by atoms with Crippen LogP contribution in [0.2, 0.25) is 0 Å². The maximum atomic E-state index is 12.8. The monoisotopic (exact) mass is 370 g/mol. The van der Waals surface area contributed by atoms with Crippen LogP contribution in [0.25, 0.3) is 0 Å². The number of fused-ring (bicyclic) bond motifs is 1. The second kappa shape index (κ2) is 7.75. The zero-order chi connectivity index (χ0) is 18.6. The van der Waals surface area contributed by atoms with Crippen LogP contribution >= 0.6 is 0 Å². The molecule has 0 bridgehead atoms. The van der Waals surface area contributed by atoms with E-state index >= 15 is 0 Å². The van der Waals surface area contributed by atoms with Crippen molar-refractivity contribution in [2.45, 2.75) is 0 Å². The largest absolute Gasteiger partial charge is 0.497 e. The molecule has 2 aliphatic rings. The number of hydrogen-bond donors (Lipinski definition) is 1. The molecule has 0 aromatic heterocycles. The zero-order valence-corrected chi connectivity index (χ0v) is 15.2. The molecule has 2 aliphatic heterocycles. The lowest BCUT2D eigenvalue weighted by Crippen LogP contribution is -2.36. The number of carbonyl (C=O) groups excluding carboxylic acids is 1. The predicted molar refractivity (Wildman–Crippen MR) is 101 cm³/mol. The maximum absolute atomic E-state index is 12.8. The predicted octanol–water partition coefficient (Wildman–Crippen LogP) is 2.56. The average molecular weight is 370 g/mol. The Morgan fingerprint density at radius 2 is 1.78 bits per heavy atom. The quantitative estimate of drug-likeness (QED) is 0.892. The number of nitrogens with zero attached hydrogens (tertiary/aromatic N) is 1. The molecule has 7 heteroatoms. The van der Waals surface area contributed by atoms with E-state index in [0.29, 0.717) is 54.9 Å². The molecule has 1 amide bonds. The summed E-state index contributed by atoms with van der Waals surface area (Å²) in [5.74, 6) is 1.72. The Morgan fingerprint density at radius 1 is 1.00 bits per heavy atom.